The standard InChI is InChI=1S/C23H28N2OS/c1-24(17-23-11-10-22(27-23)9-5-13-26)20-8-4-12-25(16-20)21-14-18-6-2-3-7-19(18)15-21/h2-3,6-7,10-11,20-21,26H,4,8,12-17H2,1H3/t20-/m1/s1. The van der Waals surface area contributed by atoms with E-state index in [4.69, 9.17) is 5.11 Å². The van der Waals surface area contributed by atoms with Crippen LogP contribution in [0.3, 0.4) is 0 Å². The number of thiophene rings is 1. The highest BCUT2D eigenvalue weighted by Crippen LogP contribution is 2.29. The Bertz CT molecular complexity index is 809. The molecule has 1 fully saturated rings. The van der Waals surface area contributed by atoms with Crippen molar-refractivity contribution in [1.29, 1.82) is 0 Å². The Balaban J connectivity index is 1.35. The van der Waals surface area contributed by atoms with Gasteiger partial charge in [0.2, 0.25) is 0 Å². The lowest BCUT2D eigenvalue weighted by Crippen LogP contribution is -2.50. The molecule has 0 unspecified atom stereocenters. The molecule has 2 aliphatic rings. The number of nitrogens with zero attached hydrogens (tertiary/aromatic N) is 2. The first-order chi connectivity index (χ1) is 13.2. The maximum Gasteiger partial charge on any atom is 0.104 e. The molecule has 0 saturated carbocycles. The molecule has 1 aliphatic carbocycles. The number of rotatable bonds is 4. The van der Waals surface area contributed by atoms with Crippen LogP contribution >= 0.6 is 11.3 Å². The maximum atomic E-state index is 8.84. The number of hydrogen-bond acceptors (Lipinski definition) is 4. The zero-order valence-corrected chi connectivity index (χ0v) is 16.8. The molecular formula is C23H28N2OS. The van der Waals surface area contributed by atoms with E-state index in [0.29, 0.717) is 12.1 Å². The van der Waals surface area contributed by atoms with Gasteiger partial charge in [0.25, 0.3) is 0 Å². The SMILES string of the molecule is CN(Cc1ccc(C#CCO)s1)[C@@H]1CCCN(C2Cc3ccccc3C2)C1. The van der Waals surface area contributed by atoms with Gasteiger partial charge in [-0.2, -0.15) is 0 Å². The third-order valence-corrected chi connectivity index (χ3v) is 6.94. The van der Waals surface area contributed by atoms with Gasteiger partial charge in [-0.15, -0.1) is 11.3 Å². The van der Waals surface area contributed by atoms with Crippen LogP contribution in [0.5, 0.6) is 0 Å². The summed E-state index contributed by atoms with van der Waals surface area (Å²) in [6.45, 7) is 3.32. The van der Waals surface area contributed by atoms with Gasteiger partial charge in [-0.05, 0) is 62.5 Å². The summed E-state index contributed by atoms with van der Waals surface area (Å²) in [7, 11) is 2.26. The minimum atomic E-state index is -0.0733. The Morgan fingerprint density at radius 1 is 1.19 bits per heavy atom. The molecule has 1 aromatic heterocycles. The topological polar surface area (TPSA) is 26.7 Å². The number of aliphatic hydroxyl groups is 1. The van der Waals surface area contributed by atoms with E-state index in [2.05, 4.69) is 65.1 Å². The van der Waals surface area contributed by atoms with Gasteiger partial charge in [0, 0.05) is 30.1 Å². The Morgan fingerprint density at radius 2 is 1.96 bits per heavy atom. The summed E-state index contributed by atoms with van der Waals surface area (Å²) < 4.78 is 0. The van der Waals surface area contributed by atoms with Crippen LogP contribution in [0.1, 0.15) is 33.7 Å². The Kier molecular flexibility index (Phi) is 5.95. The normalized spacial score (nSPS) is 20.5. The van der Waals surface area contributed by atoms with E-state index in [1.165, 1.54) is 43.6 Å². The first-order valence-corrected chi connectivity index (χ1v) is 10.7. The lowest BCUT2D eigenvalue weighted by molar-refractivity contribution is 0.0840. The molecule has 3 nitrogen and oxygen atoms in total. The van der Waals surface area contributed by atoms with Crippen LogP contribution in [-0.4, -0.2) is 53.7 Å². The minimum Gasteiger partial charge on any atom is -0.384 e. The van der Waals surface area contributed by atoms with Crippen molar-refractivity contribution in [1.82, 2.24) is 9.80 Å². The average molecular weight is 381 g/mol. The van der Waals surface area contributed by atoms with Crippen molar-refractivity contribution in [2.24, 2.45) is 0 Å². The monoisotopic (exact) mass is 380 g/mol. The number of aliphatic hydroxyl groups excluding tert-OH is 1. The van der Waals surface area contributed by atoms with Crippen LogP contribution in [0.2, 0.25) is 0 Å². The molecule has 1 atom stereocenters. The zero-order chi connectivity index (χ0) is 18.6. The average Bonchev–Trinajstić information content (AvgIpc) is 3.33. The summed E-state index contributed by atoms with van der Waals surface area (Å²) in [5.74, 6) is 5.75. The number of benzene rings is 1. The number of likely N-dealkylation sites (N-methyl/N-ethyl adjacent to an activating group) is 1. The van der Waals surface area contributed by atoms with E-state index in [-0.39, 0.29) is 6.61 Å². The van der Waals surface area contributed by atoms with Crippen molar-refractivity contribution in [2.45, 2.75) is 44.3 Å². The Morgan fingerprint density at radius 3 is 2.70 bits per heavy atom. The second kappa shape index (κ2) is 8.58. The second-order valence-corrected chi connectivity index (χ2v) is 8.93. The van der Waals surface area contributed by atoms with Gasteiger partial charge in [-0.1, -0.05) is 36.1 Å². The number of fused-ring (bicyclic) bond motifs is 1. The van der Waals surface area contributed by atoms with E-state index >= 15 is 0 Å². The van der Waals surface area contributed by atoms with Gasteiger partial charge in [0.15, 0.2) is 0 Å². The maximum absolute atomic E-state index is 8.84. The lowest BCUT2D eigenvalue weighted by Gasteiger charge is -2.40. The molecule has 1 saturated heterocycles. The molecule has 142 valence electrons. The summed E-state index contributed by atoms with van der Waals surface area (Å²) in [5, 5.41) is 8.84. The summed E-state index contributed by atoms with van der Waals surface area (Å²) in [6, 6.07) is 14.5. The van der Waals surface area contributed by atoms with Gasteiger partial charge in [-0.25, -0.2) is 0 Å². The fraction of sp³-hybridized carbons (Fsp3) is 0.478. The second-order valence-electron chi connectivity index (χ2n) is 7.76. The van der Waals surface area contributed by atoms with E-state index in [0.717, 1.165) is 11.4 Å². The fourth-order valence-electron chi connectivity index (χ4n) is 4.50. The van der Waals surface area contributed by atoms with E-state index in [1.807, 2.05) is 0 Å². The quantitative estimate of drug-likeness (QED) is 0.826. The minimum absolute atomic E-state index is 0.0733. The van der Waals surface area contributed by atoms with E-state index in [9.17, 15) is 0 Å². The molecular weight excluding hydrogens is 352 g/mol. The summed E-state index contributed by atoms with van der Waals surface area (Å²) in [4.78, 5) is 7.65. The largest absolute Gasteiger partial charge is 0.384 e. The van der Waals surface area contributed by atoms with E-state index < -0.39 is 0 Å². The van der Waals surface area contributed by atoms with Gasteiger partial charge in [-0.3, -0.25) is 9.80 Å². The molecule has 4 rings (SSSR count). The zero-order valence-electron chi connectivity index (χ0n) is 16.0. The summed E-state index contributed by atoms with van der Waals surface area (Å²) >= 11 is 1.74. The molecule has 0 spiro atoms. The van der Waals surface area contributed by atoms with Crippen molar-refractivity contribution in [2.75, 3.05) is 26.7 Å². The first kappa shape index (κ1) is 18.7. The smallest absolute Gasteiger partial charge is 0.104 e. The van der Waals surface area contributed by atoms with Gasteiger partial charge in [0.1, 0.15) is 6.61 Å². The molecule has 4 heteroatoms. The molecule has 1 aliphatic heterocycles. The van der Waals surface area contributed by atoms with Gasteiger partial charge >= 0.3 is 0 Å². The fourth-order valence-corrected chi connectivity index (χ4v) is 5.45. The van der Waals surface area contributed by atoms with E-state index in [1.54, 1.807) is 22.5 Å². The van der Waals surface area contributed by atoms with Crippen molar-refractivity contribution >= 4 is 11.3 Å². The van der Waals surface area contributed by atoms with Crippen LogP contribution < -0.4 is 0 Å². The summed E-state index contributed by atoms with van der Waals surface area (Å²) in [5.41, 5.74) is 3.10. The highest BCUT2D eigenvalue weighted by molar-refractivity contribution is 7.12. The molecule has 2 aromatic rings. The molecule has 0 amide bonds. The van der Waals surface area contributed by atoms with Crippen molar-refractivity contribution in [3.8, 4) is 11.8 Å². The van der Waals surface area contributed by atoms with Crippen LogP contribution in [0.25, 0.3) is 0 Å². The van der Waals surface area contributed by atoms with Crippen molar-refractivity contribution < 1.29 is 5.11 Å². The van der Waals surface area contributed by atoms with Gasteiger partial charge < -0.3 is 5.11 Å². The molecule has 1 aromatic carbocycles. The number of piperidine rings is 1. The molecule has 1 N–H and O–H groups in total. The third kappa shape index (κ3) is 4.44. The van der Waals surface area contributed by atoms with Gasteiger partial charge in [0.05, 0.1) is 4.88 Å². The van der Waals surface area contributed by atoms with Crippen molar-refractivity contribution in [3.63, 3.8) is 0 Å². The first-order valence-electron chi connectivity index (χ1n) is 9.92. The molecule has 2 heterocycles. The lowest BCUT2D eigenvalue weighted by atomic mass is 10.0. The van der Waals surface area contributed by atoms with Crippen molar-refractivity contribution in [3.05, 3.63) is 57.3 Å². The van der Waals surface area contributed by atoms with Crippen LogP contribution in [0, 0.1) is 11.8 Å². The number of hydrogen-bond donors (Lipinski definition) is 1. The Labute approximate surface area is 166 Å². The summed E-state index contributed by atoms with van der Waals surface area (Å²) in [6.07, 6.45) is 5.00. The number of likely N-dealkylation sites (tertiary alicyclic amines) is 1. The Hall–Kier alpha value is -1.64. The van der Waals surface area contributed by atoms with Crippen LogP contribution in [0.4, 0.5) is 0 Å². The molecule has 0 bridgehead atoms. The highest BCUT2D eigenvalue weighted by Gasteiger charge is 2.31. The molecule has 0 radical (unpaired) electrons. The predicted molar refractivity (Wildman–Crippen MR) is 112 cm³/mol. The third-order valence-electron chi connectivity index (χ3n) is 5.95. The highest BCUT2D eigenvalue weighted by atomic mass is 32.1. The molecule has 27 heavy (non-hydrogen) atoms. The predicted octanol–water partition coefficient (Wildman–Crippen LogP) is 3.16. The van der Waals surface area contributed by atoms with Crippen LogP contribution in [0.15, 0.2) is 36.4 Å². The van der Waals surface area contributed by atoms with Crippen LogP contribution in [-0.2, 0) is 19.4 Å².